The molecule has 2 fully saturated rings. The first-order valence-corrected chi connectivity index (χ1v) is 21.1. The van der Waals surface area contributed by atoms with E-state index < -0.39 is 24.6 Å². The van der Waals surface area contributed by atoms with Gasteiger partial charge in [-0.05, 0) is 140 Å². The topological polar surface area (TPSA) is 186 Å². The number of hydrogen-bond donors (Lipinski definition) is 4. The zero-order valence-corrected chi connectivity index (χ0v) is 34.9. The molecule has 8 rings (SSSR count). The van der Waals surface area contributed by atoms with E-state index in [0.717, 1.165) is 25.7 Å². The lowest BCUT2D eigenvalue weighted by Crippen LogP contribution is -2.26. The molecule has 3 aliphatic rings. The maximum Gasteiger partial charge on any atom is 0.308 e. The summed E-state index contributed by atoms with van der Waals surface area (Å²) in [6.07, 6.45) is 8.87. The first-order chi connectivity index (χ1) is 28.9. The number of phenols is 1. The van der Waals surface area contributed by atoms with Crippen LogP contribution in [-0.2, 0) is 43.5 Å². The number of phenolic OH excluding ortho intramolecular Hbond substituents is 1. The number of aromatic hydroxyl groups is 1. The first kappa shape index (κ1) is 41.4. The number of methoxy groups -OCH3 is 3. The van der Waals surface area contributed by atoms with Crippen LogP contribution in [0.15, 0.2) is 27.3 Å². The fourth-order valence-electron chi connectivity index (χ4n) is 11.2. The number of aliphatic hydroxyl groups is 2. The van der Waals surface area contributed by atoms with E-state index in [2.05, 4.69) is 5.32 Å². The summed E-state index contributed by atoms with van der Waals surface area (Å²) in [5.41, 5.74) is 2.49. The highest BCUT2D eigenvalue weighted by Crippen LogP contribution is 2.56. The second-order valence-electron chi connectivity index (χ2n) is 17.3. The summed E-state index contributed by atoms with van der Waals surface area (Å²) in [6.45, 7) is 2.77. The highest BCUT2D eigenvalue weighted by atomic mass is 16.5. The number of anilines is 1. The van der Waals surface area contributed by atoms with Gasteiger partial charge in [-0.3, -0.25) is 24.0 Å². The summed E-state index contributed by atoms with van der Waals surface area (Å²) < 4.78 is 16.3. The van der Waals surface area contributed by atoms with Crippen molar-refractivity contribution in [2.75, 3.05) is 33.2 Å². The average molecular weight is 820 g/mol. The summed E-state index contributed by atoms with van der Waals surface area (Å²) in [5.74, 6) is -1.19. The Morgan fingerprint density at radius 1 is 0.717 bits per heavy atom. The van der Waals surface area contributed by atoms with Crippen LogP contribution in [0.5, 0.6) is 11.5 Å². The van der Waals surface area contributed by atoms with Gasteiger partial charge in [-0.25, -0.2) is 0 Å². The molecule has 0 bridgehead atoms. The van der Waals surface area contributed by atoms with E-state index in [1.807, 2.05) is 13.0 Å². The molecule has 4 N–H and O–H groups in total. The predicted octanol–water partition coefficient (Wildman–Crippen LogP) is 6.99. The monoisotopic (exact) mass is 819 g/mol. The minimum atomic E-state index is -0.850. The van der Waals surface area contributed by atoms with Crippen molar-refractivity contribution in [1.82, 2.24) is 0 Å². The third kappa shape index (κ3) is 6.54. The Balaban J connectivity index is 1.43. The molecule has 316 valence electrons. The number of benzene rings is 5. The Morgan fingerprint density at radius 2 is 1.25 bits per heavy atom. The number of carbonyl (C=O) groups excluding carboxylic acids is 3. The molecule has 3 aliphatic carbocycles. The van der Waals surface area contributed by atoms with Crippen molar-refractivity contribution in [3.05, 3.63) is 66.0 Å². The quantitative estimate of drug-likeness (QED) is 0.0576. The van der Waals surface area contributed by atoms with Crippen LogP contribution in [0.1, 0.15) is 105 Å². The molecule has 1 unspecified atom stereocenters. The van der Waals surface area contributed by atoms with Crippen LogP contribution in [0, 0.1) is 23.7 Å². The number of carbonyl (C=O) groups is 3. The number of ether oxygens (including phenoxy) is 3. The molecule has 0 aromatic heterocycles. The van der Waals surface area contributed by atoms with E-state index in [1.165, 1.54) is 40.4 Å². The molecule has 0 heterocycles. The second kappa shape index (κ2) is 16.3. The highest BCUT2D eigenvalue weighted by molar-refractivity contribution is 6.39. The van der Waals surface area contributed by atoms with E-state index in [4.69, 9.17) is 14.2 Å². The number of Topliss-reactive ketones (excluding diaryl/α,β-unsaturated/α-hetero) is 1. The van der Waals surface area contributed by atoms with Gasteiger partial charge in [0.25, 0.3) is 0 Å². The van der Waals surface area contributed by atoms with Gasteiger partial charge in [0.05, 0.1) is 68.8 Å². The molecule has 0 radical (unpaired) electrons. The largest absolute Gasteiger partial charge is 0.507 e. The summed E-state index contributed by atoms with van der Waals surface area (Å²) in [7, 11) is 4.32. The van der Waals surface area contributed by atoms with Crippen molar-refractivity contribution < 1.29 is 43.9 Å². The molecule has 0 aliphatic heterocycles. The van der Waals surface area contributed by atoms with Gasteiger partial charge in [0, 0.05) is 28.4 Å². The fraction of sp³-hybridized carbons (Fsp3) is 0.479. The highest BCUT2D eigenvalue weighted by Gasteiger charge is 2.38. The molecule has 0 saturated heterocycles. The third-order valence-corrected chi connectivity index (χ3v) is 14.1. The molecule has 60 heavy (non-hydrogen) atoms. The van der Waals surface area contributed by atoms with Gasteiger partial charge in [0.2, 0.25) is 0 Å². The predicted molar refractivity (Wildman–Crippen MR) is 230 cm³/mol. The Labute approximate surface area is 347 Å². The van der Waals surface area contributed by atoms with Crippen LogP contribution in [0.4, 0.5) is 5.69 Å². The lowest BCUT2D eigenvalue weighted by Gasteiger charge is -2.30. The minimum absolute atomic E-state index is 0.0706. The lowest BCUT2D eigenvalue weighted by atomic mass is 9.77. The number of hydrogen-bond acceptors (Lipinski definition) is 12. The second-order valence-corrected chi connectivity index (χ2v) is 17.3. The van der Waals surface area contributed by atoms with Crippen molar-refractivity contribution in [3.63, 3.8) is 0 Å². The van der Waals surface area contributed by atoms with E-state index >= 15 is 0 Å². The number of esters is 2. The molecule has 0 spiro atoms. The van der Waals surface area contributed by atoms with E-state index in [-0.39, 0.29) is 69.1 Å². The summed E-state index contributed by atoms with van der Waals surface area (Å²) >= 11 is 0. The Bertz CT molecular complexity index is 2700. The summed E-state index contributed by atoms with van der Waals surface area (Å²) in [6, 6.07) is 2.71. The van der Waals surface area contributed by atoms with Crippen LogP contribution in [0.2, 0.25) is 0 Å². The van der Waals surface area contributed by atoms with Crippen LogP contribution >= 0.6 is 0 Å². The zero-order valence-electron chi connectivity index (χ0n) is 34.9. The molecule has 0 amide bonds. The van der Waals surface area contributed by atoms with Crippen molar-refractivity contribution >= 4 is 72.6 Å². The summed E-state index contributed by atoms with van der Waals surface area (Å²) in [4.78, 5) is 67.5. The maximum absolute atomic E-state index is 14.6. The van der Waals surface area contributed by atoms with Gasteiger partial charge >= 0.3 is 11.9 Å². The smallest absolute Gasteiger partial charge is 0.308 e. The minimum Gasteiger partial charge on any atom is -0.507 e. The molecular weight excluding hydrogens is 767 g/mol. The number of allylic oxidation sites excluding steroid dienone is 1. The fourth-order valence-corrected chi connectivity index (χ4v) is 11.2. The van der Waals surface area contributed by atoms with Crippen molar-refractivity contribution in [1.29, 1.82) is 0 Å². The van der Waals surface area contributed by atoms with Crippen LogP contribution in [0.25, 0.3) is 49.2 Å². The molecule has 5 aromatic rings. The van der Waals surface area contributed by atoms with E-state index in [9.17, 15) is 39.3 Å². The van der Waals surface area contributed by atoms with Gasteiger partial charge in [0.15, 0.2) is 10.9 Å². The van der Waals surface area contributed by atoms with Crippen molar-refractivity contribution in [2.45, 2.75) is 97.2 Å². The number of nitrogens with one attached hydrogen (secondary N) is 1. The zero-order chi connectivity index (χ0) is 42.7. The molecule has 12 heteroatoms. The molecule has 12 nitrogen and oxygen atoms in total. The normalized spacial score (nSPS) is 21.7. The van der Waals surface area contributed by atoms with Crippen LogP contribution < -0.4 is 20.9 Å². The maximum atomic E-state index is 14.6. The average Bonchev–Trinajstić information content (AvgIpc) is 3.39. The van der Waals surface area contributed by atoms with Gasteiger partial charge in [0.1, 0.15) is 17.3 Å². The van der Waals surface area contributed by atoms with Gasteiger partial charge < -0.3 is 34.8 Å². The number of fused-ring (bicyclic) bond motifs is 1. The standard InChI is InChI=1S/C48H53NO11/c1-22-16-31-30(15-10-24-6-11-26(12-7-24)47(56)59-4)45(55)39-33(54)18-29(21-51)35-36-28(20-50)17-32(53)38-41(36)42(37(31)40(35)39)43(34(22)23(2)52)46(58-3)44(38)49-19-25-8-13-27(14-9-25)48(57)60-5/h16-18,24-27,34,49-51,55H,6-15,19-21H2,1-5H3. The molecular formula is C48H53NO11. The lowest BCUT2D eigenvalue weighted by molar-refractivity contribution is -0.147. The van der Waals surface area contributed by atoms with Crippen molar-refractivity contribution in [3.8, 4) is 11.5 Å². The number of ketones is 1. The van der Waals surface area contributed by atoms with Gasteiger partial charge in [-0.2, -0.15) is 0 Å². The molecule has 5 aromatic carbocycles. The summed E-state index contributed by atoms with van der Waals surface area (Å²) in [5, 5.41) is 41.0. The number of rotatable bonds is 12. The van der Waals surface area contributed by atoms with Crippen LogP contribution in [0.3, 0.4) is 0 Å². The van der Waals surface area contributed by atoms with Crippen LogP contribution in [-0.4, -0.2) is 60.9 Å². The van der Waals surface area contributed by atoms with E-state index in [0.29, 0.717) is 116 Å². The third-order valence-electron chi connectivity index (χ3n) is 14.1. The molecule has 2 saturated carbocycles. The van der Waals surface area contributed by atoms with Gasteiger partial charge in [-0.1, -0.05) is 11.6 Å². The van der Waals surface area contributed by atoms with Crippen molar-refractivity contribution in [2.24, 2.45) is 23.7 Å². The Hall–Kier alpha value is -5.33. The first-order valence-electron chi connectivity index (χ1n) is 21.1. The van der Waals surface area contributed by atoms with E-state index in [1.54, 1.807) is 0 Å². The Kier molecular flexibility index (Phi) is 11.2. The van der Waals surface area contributed by atoms with Gasteiger partial charge in [-0.15, -0.1) is 0 Å². The Morgan fingerprint density at radius 3 is 1.77 bits per heavy atom. The SMILES string of the molecule is COC(=O)C1CCC(CCc2c(O)c3c(=O)cc(CO)c4c5c(CO)cc(=O)c6c(NCC7CCC(C(=O)OC)CC7)c(OC)c7c(c(c2C=C(C)C7C(C)=O)c34)c65)CC1. The number of aliphatic hydroxyl groups excluding tert-OH is 2. The molecule has 1 atom stereocenters.